The maximum atomic E-state index is 14.4. The van der Waals surface area contributed by atoms with Crippen molar-refractivity contribution in [2.45, 2.75) is 19.1 Å². The molecule has 0 bridgehead atoms. The third kappa shape index (κ3) is 3.15. The van der Waals surface area contributed by atoms with Crippen molar-refractivity contribution in [2.24, 2.45) is 0 Å². The van der Waals surface area contributed by atoms with E-state index in [-0.39, 0.29) is 18.1 Å². The number of likely N-dealkylation sites (N-methyl/N-ethyl adjacent to an activating group) is 1. The second kappa shape index (κ2) is 6.34. The number of aromatic nitrogens is 5. The predicted octanol–water partition coefficient (Wildman–Crippen LogP) is 1.85. The summed E-state index contributed by atoms with van der Waals surface area (Å²) in [5, 5.41) is 12.0. The van der Waals surface area contributed by atoms with Gasteiger partial charge in [0.25, 0.3) is 0 Å². The largest absolute Gasteiger partial charge is 0.418 e. The van der Waals surface area contributed by atoms with Gasteiger partial charge in [0, 0.05) is 18.7 Å². The highest BCUT2D eigenvalue weighted by Gasteiger charge is 2.28. The lowest BCUT2D eigenvalue weighted by Gasteiger charge is -2.32. The summed E-state index contributed by atoms with van der Waals surface area (Å²) < 4.78 is 27.3. The molecule has 0 spiro atoms. The monoisotopic (exact) mass is 344 g/mol. The summed E-state index contributed by atoms with van der Waals surface area (Å²) >= 11 is 0. The molecule has 0 N–H and O–H groups in total. The van der Waals surface area contributed by atoms with Crippen LogP contribution in [0.2, 0.25) is 0 Å². The standard InChI is InChI=1S/C16H17FN6O2/c1-10-6-22(2)7-14(24-10)16-21-20-15(25-16)11-3-4-13(12(17)5-11)23-9-18-8-19-23/h3-5,8-10,14H,6-7H2,1-2H3/t10-,14-/m1/s1. The molecule has 3 heterocycles. The van der Waals surface area contributed by atoms with E-state index in [9.17, 15) is 4.39 Å². The fraction of sp³-hybridized carbons (Fsp3) is 0.375. The highest BCUT2D eigenvalue weighted by atomic mass is 19.1. The van der Waals surface area contributed by atoms with Gasteiger partial charge in [-0.2, -0.15) is 5.10 Å². The molecule has 25 heavy (non-hydrogen) atoms. The normalized spacial score (nSPS) is 21.6. The Morgan fingerprint density at radius 1 is 1.24 bits per heavy atom. The van der Waals surface area contributed by atoms with Gasteiger partial charge in [-0.1, -0.05) is 0 Å². The van der Waals surface area contributed by atoms with E-state index in [2.05, 4.69) is 25.2 Å². The highest BCUT2D eigenvalue weighted by Crippen LogP contribution is 2.27. The zero-order valence-electron chi connectivity index (χ0n) is 13.8. The number of benzene rings is 1. The lowest BCUT2D eigenvalue weighted by molar-refractivity contribution is -0.0821. The highest BCUT2D eigenvalue weighted by molar-refractivity contribution is 5.55. The minimum absolute atomic E-state index is 0.0820. The first kappa shape index (κ1) is 15.9. The van der Waals surface area contributed by atoms with Gasteiger partial charge in [0.05, 0.1) is 6.10 Å². The van der Waals surface area contributed by atoms with Crippen molar-refractivity contribution >= 4 is 0 Å². The Balaban J connectivity index is 1.59. The zero-order valence-corrected chi connectivity index (χ0v) is 13.8. The van der Waals surface area contributed by atoms with Gasteiger partial charge in [0.2, 0.25) is 11.8 Å². The van der Waals surface area contributed by atoms with Crippen molar-refractivity contribution in [3.63, 3.8) is 0 Å². The Kier molecular flexibility index (Phi) is 4.02. The van der Waals surface area contributed by atoms with Crippen LogP contribution in [-0.2, 0) is 4.74 Å². The van der Waals surface area contributed by atoms with Crippen LogP contribution in [0.4, 0.5) is 4.39 Å². The summed E-state index contributed by atoms with van der Waals surface area (Å²) in [5.41, 5.74) is 0.796. The molecule has 1 aliphatic heterocycles. The summed E-state index contributed by atoms with van der Waals surface area (Å²) in [7, 11) is 2.02. The van der Waals surface area contributed by atoms with Crippen LogP contribution >= 0.6 is 0 Å². The molecule has 1 fully saturated rings. The number of nitrogens with zero attached hydrogens (tertiary/aromatic N) is 6. The van der Waals surface area contributed by atoms with Crippen molar-refractivity contribution in [3.8, 4) is 17.1 Å². The molecule has 3 aromatic rings. The van der Waals surface area contributed by atoms with E-state index in [4.69, 9.17) is 9.15 Å². The Morgan fingerprint density at radius 3 is 2.84 bits per heavy atom. The van der Waals surface area contributed by atoms with E-state index < -0.39 is 5.82 Å². The third-order valence-corrected chi connectivity index (χ3v) is 4.02. The minimum atomic E-state index is -0.454. The molecule has 9 heteroatoms. The number of hydrogen-bond donors (Lipinski definition) is 0. The van der Waals surface area contributed by atoms with Crippen molar-refractivity contribution in [1.29, 1.82) is 0 Å². The van der Waals surface area contributed by atoms with E-state index in [1.165, 1.54) is 23.4 Å². The van der Waals surface area contributed by atoms with Gasteiger partial charge in [-0.25, -0.2) is 14.1 Å². The Hall–Kier alpha value is -2.65. The van der Waals surface area contributed by atoms with E-state index in [0.717, 1.165) is 6.54 Å². The predicted molar refractivity (Wildman–Crippen MR) is 85.4 cm³/mol. The molecule has 0 unspecified atom stereocenters. The molecule has 1 saturated heterocycles. The molecule has 0 radical (unpaired) electrons. The first-order chi connectivity index (χ1) is 12.1. The van der Waals surface area contributed by atoms with Crippen molar-refractivity contribution < 1.29 is 13.5 Å². The molecule has 0 aliphatic carbocycles. The van der Waals surface area contributed by atoms with Crippen LogP contribution in [-0.4, -0.2) is 56.1 Å². The van der Waals surface area contributed by atoms with E-state index in [1.54, 1.807) is 12.1 Å². The molecular weight excluding hydrogens is 327 g/mol. The molecule has 8 nitrogen and oxygen atoms in total. The SMILES string of the molecule is C[C@@H]1CN(C)C[C@H](c2nnc(-c3ccc(-n4cncn4)c(F)c3)o2)O1. The summed E-state index contributed by atoms with van der Waals surface area (Å²) in [5.74, 6) is 0.197. The zero-order chi connectivity index (χ0) is 17.4. The van der Waals surface area contributed by atoms with Gasteiger partial charge in [-0.05, 0) is 32.2 Å². The van der Waals surface area contributed by atoms with Crippen LogP contribution in [0.15, 0.2) is 35.3 Å². The fourth-order valence-corrected chi connectivity index (χ4v) is 2.94. The molecule has 1 aromatic carbocycles. The van der Waals surface area contributed by atoms with Gasteiger partial charge in [-0.3, -0.25) is 0 Å². The number of halogens is 1. The summed E-state index contributed by atoms with van der Waals surface area (Å²) in [6.07, 6.45) is 2.58. The third-order valence-electron chi connectivity index (χ3n) is 4.02. The average Bonchev–Trinajstić information content (AvgIpc) is 3.26. The maximum Gasteiger partial charge on any atom is 0.247 e. The second-order valence-corrected chi connectivity index (χ2v) is 6.11. The maximum absolute atomic E-state index is 14.4. The van der Waals surface area contributed by atoms with Gasteiger partial charge in [0.15, 0.2) is 0 Å². The number of hydrogen-bond acceptors (Lipinski definition) is 7. The number of morpholine rings is 1. The molecule has 0 amide bonds. The van der Waals surface area contributed by atoms with Crippen LogP contribution in [0.25, 0.3) is 17.1 Å². The fourth-order valence-electron chi connectivity index (χ4n) is 2.94. The molecule has 0 saturated carbocycles. The molecule has 130 valence electrons. The van der Waals surface area contributed by atoms with Crippen molar-refractivity contribution in [1.82, 2.24) is 29.9 Å². The van der Waals surface area contributed by atoms with E-state index >= 15 is 0 Å². The van der Waals surface area contributed by atoms with Crippen LogP contribution in [0.1, 0.15) is 18.9 Å². The summed E-state index contributed by atoms with van der Waals surface area (Å²) in [6.45, 7) is 3.52. The first-order valence-corrected chi connectivity index (χ1v) is 7.92. The van der Waals surface area contributed by atoms with Crippen LogP contribution in [0, 0.1) is 5.82 Å². The Morgan fingerprint density at radius 2 is 2.12 bits per heavy atom. The van der Waals surface area contributed by atoms with Gasteiger partial charge >= 0.3 is 0 Å². The molecule has 4 rings (SSSR count). The number of ether oxygens (including phenoxy) is 1. The topological polar surface area (TPSA) is 82.1 Å². The summed E-state index contributed by atoms with van der Waals surface area (Å²) in [6, 6.07) is 4.63. The van der Waals surface area contributed by atoms with Gasteiger partial charge in [-0.15, -0.1) is 10.2 Å². The lowest BCUT2D eigenvalue weighted by atomic mass is 10.2. The Bertz CT molecular complexity index is 855. The summed E-state index contributed by atoms with van der Waals surface area (Å²) in [4.78, 5) is 5.96. The first-order valence-electron chi connectivity index (χ1n) is 7.92. The van der Waals surface area contributed by atoms with E-state index in [1.807, 2.05) is 14.0 Å². The number of rotatable bonds is 3. The molecule has 1 aliphatic rings. The van der Waals surface area contributed by atoms with Gasteiger partial charge in [0.1, 0.15) is 30.3 Å². The van der Waals surface area contributed by atoms with Crippen LogP contribution < -0.4 is 0 Å². The van der Waals surface area contributed by atoms with Crippen molar-refractivity contribution in [2.75, 3.05) is 20.1 Å². The van der Waals surface area contributed by atoms with Crippen LogP contribution in [0.5, 0.6) is 0 Å². The minimum Gasteiger partial charge on any atom is -0.418 e. The lowest BCUT2D eigenvalue weighted by Crippen LogP contribution is -2.40. The molecular formula is C16H17FN6O2. The molecule has 2 aromatic heterocycles. The second-order valence-electron chi connectivity index (χ2n) is 6.11. The average molecular weight is 344 g/mol. The van der Waals surface area contributed by atoms with E-state index in [0.29, 0.717) is 23.7 Å². The smallest absolute Gasteiger partial charge is 0.247 e. The quantitative estimate of drug-likeness (QED) is 0.717. The van der Waals surface area contributed by atoms with Crippen molar-refractivity contribution in [3.05, 3.63) is 42.6 Å². The molecule has 2 atom stereocenters. The Labute approximate surface area is 143 Å². The van der Waals surface area contributed by atoms with Crippen LogP contribution in [0.3, 0.4) is 0 Å². The van der Waals surface area contributed by atoms with Gasteiger partial charge < -0.3 is 14.1 Å².